The molecule has 0 N–H and O–H groups in total. The van der Waals surface area contributed by atoms with E-state index in [4.69, 9.17) is 10.00 Å². The van der Waals surface area contributed by atoms with Gasteiger partial charge in [-0.3, -0.25) is 0 Å². The van der Waals surface area contributed by atoms with E-state index in [0.717, 1.165) is 51.7 Å². The van der Waals surface area contributed by atoms with Crippen LogP contribution in [0.4, 0.5) is 0 Å². The lowest BCUT2D eigenvalue weighted by atomic mass is 10.1. The molecule has 2 rings (SSSR count). The minimum atomic E-state index is 0.593. The van der Waals surface area contributed by atoms with Crippen LogP contribution in [0.2, 0.25) is 0 Å². The van der Waals surface area contributed by atoms with E-state index in [-0.39, 0.29) is 0 Å². The number of hydrogen-bond acceptors (Lipinski definition) is 4. The van der Waals surface area contributed by atoms with E-state index in [0.29, 0.717) is 6.61 Å². The SMILES string of the molecule is CCCc1nc(CCOc2c(C)cccc2C)sc1C#N. The molecule has 0 saturated carbocycles. The number of ether oxygens (including phenoxy) is 1. The average Bonchev–Trinajstić information content (AvgIpc) is 2.85. The third-order valence-electron chi connectivity index (χ3n) is 3.30. The number of nitrogens with zero attached hydrogens (tertiary/aromatic N) is 2. The monoisotopic (exact) mass is 300 g/mol. The van der Waals surface area contributed by atoms with Gasteiger partial charge in [0.25, 0.3) is 0 Å². The summed E-state index contributed by atoms with van der Waals surface area (Å²) in [5, 5.41) is 10.1. The summed E-state index contributed by atoms with van der Waals surface area (Å²) in [5.41, 5.74) is 3.24. The summed E-state index contributed by atoms with van der Waals surface area (Å²) in [6.45, 7) is 6.80. The van der Waals surface area contributed by atoms with Crippen LogP contribution in [-0.4, -0.2) is 11.6 Å². The molecule has 0 aliphatic rings. The quantitative estimate of drug-likeness (QED) is 0.803. The lowest BCUT2D eigenvalue weighted by Crippen LogP contribution is -2.03. The molecule has 110 valence electrons. The summed E-state index contributed by atoms with van der Waals surface area (Å²) in [5.74, 6) is 0.961. The number of benzene rings is 1. The van der Waals surface area contributed by atoms with Gasteiger partial charge in [0.15, 0.2) is 0 Å². The van der Waals surface area contributed by atoms with Crippen molar-refractivity contribution in [1.82, 2.24) is 4.98 Å². The van der Waals surface area contributed by atoms with Crippen LogP contribution in [0.3, 0.4) is 0 Å². The first-order chi connectivity index (χ1) is 10.2. The molecule has 4 heteroatoms. The number of nitriles is 1. The van der Waals surface area contributed by atoms with Gasteiger partial charge < -0.3 is 4.74 Å². The van der Waals surface area contributed by atoms with Gasteiger partial charge in [-0.05, 0) is 31.4 Å². The van der Waals surface area contributed by atoms with Crippen molar-refractivity contribution in [3.63, 3.8) is 0 Å². The minimum Gasteiger partial charge on any atom is -0.493 e. The van der Waals surface area contributed by atoms with Gasteiger partial charge in [0.2, 0.25) is 0 Å². The zero-order valence-corrected chi connectivity index (χ0v) is 13.6. The molecule has 21 heavy (non-hydrogen) atoms. The molecule has 0 spiro atoms. The van der Waals surface area contributed by atoms with Crippen molar-refractivity contribution in [1.29, 1.82) is 5.26 Å². The highest BCUT2D eigenvalue weighted by Gasteiger charge is 2.10. The van der Waals surface area contributed by atoms with Crippen LogP contribution in [0, 0.1) is 25.2 Å². The van der Waals surface area contributed by atoms with Gasteiger partial charge in [0.1, 0.15) is 16.7 Å². The van der Waals surface area contributed by atoms with E-state index in [9.17, 15) is 0 Å². The highest BCUT2D eigenvalue weighted by atomic mass is 32.1. The molecular formula is C17H20N2OS. The second-order valence-corrected chi connectivity index (χ2v) is 6.15. The highest BCUT2D eigenvalue weighted by Crippen LogP contribution is 2.23. The van der Waals surface area contributed by atoms with Crippen molar-refractivity contribution in [2.45, 2.75) is 40.0 Å². The van der Waals surface area contributed by atoms with Crippen LogP contribution in [0.1, 0.15) is 40.1 Å². The second kappa shape index (κ2) is 7.24. The summed E-state index contributed by atoms with van der Waals surface area (Å²) >= 11 is 1.49. The molecule has 0 atom stereocenters. The summed E-state index contributed by atoms with van der Waals surface area (Å²) in [6, 6.07) is 8.39. The van der Waals surface area contributed by atoms with Crippen molar-refractivity contribution in [3.05, 3.63) is 44.9 Å². The molecule has 0 aliphatic heterocycles. The molecule has 0 unspecified atom stereocenters. The number of aromatic nitrogens is 1. The van der Waals surface area contributed by atoms with Gasteiger partial charge in [-0.15, -0.1) is 11.3 Å². The van der Waals surface area contributed by atoms with Gasteiger partial charge in [-0.25, -0.2) is 4.98 Å². The Morgan fingerprint density at radius 3 is 2.57 bits per heavy atom. The molecule has 3 nitrogen and oxygen atoms in total. The smallest absolute Gasteiger partial charge is 0.128 e. The summed E-state index contributed by atoms with van der Waals surface area (Å²) in [6.07, 6.45) is 2.63. The Morgan fingerprint density at radius 1 is 1.24 bits per heavy atom. The first kappa shape index (κ1) is 15.5. The van der Waals surface area contributed by atoms with Gasteiger partial charge in [0.05, 0.1) is 17.3 Å². The molecule has 1 aromatic heterocycles. The van der Waals surface area contributed by atoms with E-state index in [1.54, 1.807) is 0 Å². The number of hydrogen-bond donors (Lipinski definition) is 0. The van der Waals surface area contributed by atoms with Gasteiger partial charge in [-0.2, -0.15) is 5.26 Å². The van der Waals surface area contributed by atoms with Crippen molar-refractivity contribution in [3.8, 4) is 11.8 Å². The van der Waals surface area contributed by atoms with Crippen LogP contribution >= 0.6 is 11.3 Å². The van der Waals surface area contributed by atoms with Gasteiger partial charge in [-0.1, -0.05) is 31.5 Å². The topological polar surface area (TPSA) is 45.9 Å². The maximum atomic E-state index is 9.12. The lowest BCUT2D eigenvalue weighted by Gasteiger charge is -2.10. The van der Waals surface area contributed by atoms with Gasteiger partial charge >= 0.3 is 0 Å². The highest BCUT2D eigenvalue weighted by molar-refractivity contribution is 7.12. The van der Waals surface area contributed by atoms with E-state index in [2.05, 4.69) is 44.0 Å². The summed E-state index contributed by atoms with van der Waals surface area (Å²) in [4.78, 5) is 5.31. The predicted octanol–water partition coefficient (Wildman–Crippen LogP) is 4.21. The standard InChI is InChI=1S/C17H20N2OS/c1-4-6-14-15(11-18)21-16(19-14)9-10-20-17-12(2)7-5-8-13(17)3/h5,7-8H,4,6,9-10H2,1-3H3. The Morgan fingerprint density at radius 2 is 1.95 bits per heavy atom. The lowest BCUT2D eigenvalue weighted by molar-refractivity contribution is 0.317. The average molecular weight is 300 g/mol. The third kappa shape index (κ3) is 3.83. The van der Waals surface area contributed by atoms with Crippen molar-refractivity contribution in [2.24, 2.45) is 0 Å². The molecule has 0 radical (unpaired) electrons. The first-order valence-electron chi connectivity index (χ1n) is 7.23. The Balaban J connectivity index is 1.99. The molecule has 0 bridgehead atoms. The van der Waals surface area contributed by atoms with E-state index in [1.165, 1.54) is 11.3 Å². The molecule has 1 aromatic carbocycles. The van der Waals surface area contributed by atoms with E-state index in [1.807, 2.05) is 6.07 Å². The third-order valence-corrected chi connectivity index (χ3v) is 4.36. The molecule has 0 amide bonds. The van der Waals surface area contributed by atoms with Crippen molar-refractivity contribution in [2.75, 3.05) is 6.61 Å². The fourth-order valence-corrected chi connectivity index (χ4v) is 3.16. The summed E-state index contributed by atoms with van der Waals surface area (Å²) in [7, 11) is 0. The minimum absolute atomic E-state index is 0.593. The predicted molar refractivity (Wildman–Crippen MR) is 85.9 cm³/mol. The van der Waals surface area contributed by atoms with Crippen molar-refractivity contribution >= 4 is 11.3 Å². The molecule has 0 fully saturated rings. The first-order valence-corrected chi connectivity index (χ1v) is 8.05. The maximum absolute atomic E-state index is 9.12. The Bertz CT molecular complexity index is 635. The van der Waals surface area contributed by atoms with Crippen LogP contribution in [0.5, 0.6) is 5.75 Å². The fraction of sp³-hybridized carbons (Fsp3) is 0.412. The van der Waals surface area contributed by atoms with E-state index >= 15 is 0 Å². The van der Waals surface area contributed by atoms with E-state index < -0.39 is 0 Å². The zero-order valence-electron chi connectivity index (χ0n) is 12.8. The second-order valence-electron chi connectivity index (χ2n) is 5.06. The number of para-hydroxylation sites is 1. The Kier molecular flexibility index (Phi) is 5.35. The molecule has 1 heterocycles. The number of rotatable bonds is 6. The van der Waals surface area contributed by atoms with Crippen LogP contribution < -0.4 is 4.74 Å². The van der Waals surface area contributed by atoms with Crippen LogP contribution in [0.25, 0.3) is 0 Å². The van der Waals surface area contributed by atoms with Crippen LogP contribution in [0.15, 0.2) is 18.2 Å². The normalized spacial score (nSPS) is 10.4. The zero-order chi connectivity index (χ0) is 15.2. The molecular weight excluding hydrogens is 280 g/mol. The molecule has 0 aliphatic carbocycles. The van der Waals surface area contributed by atoms with Gasteiger partial charge in [0, 0.05) is 6.42 Å². The largest absolute Gasteiger partial charge is 0.493 e. The number of thiazole rings is 1. The molecule has 0 saturated heterocycles. The Labute approximate surface area is 130 Å². The molecule has 2 aromatic rings. The summed E-state index contributed by atoms with van der Waals surface area (Å²) < 4.78 is 5.90. The fourth-order valence-electron chi connectivity index (χ4n) is 2.27. The van der Waals surface area contributed by atoms with Crippen LogP contribution in [-0.2, 0) is 12.8 Å². The maximum Gasteiger partial charge on any atom is 0.128 e. The Hall–Kier alpha value is -1.86. The van der Waals surface area contributed by atoms with Crippen molar-refractivity contribution < 1.29 is 4.74 Å². The number of aryl methyl sites for hydroxylation is 3.